The van der Waals surface area contributed by atoms with Gasteiger partial charge in [-0.1, -0.05) is 6.07 Å². The number of rotatable bonds is 6. The lowest BCUT2D eigenvalue weighted by Crippen LogP contribution is -2.34. The Labute approximate surface area is 162 Å². The Morgan fingerprint density at radius 3 is 2.56 bits per heavy atom. The second-order valence-corrected chi connectivity index (χ2v) is 7.00. The molecule has 0 fully saturated rings. The van der Waals surface area contributed by atoms with Gasteiger partial charge >= 0.3 is 5.97 Å². The van der Waals surface area contributed by atoms with E-state index < -0.39 is 24.4 Å². The maximum Gasteiger partial charge on any atom is 0.358 e. The monoisotopic (exact) mass is 402 g/mol. The molecule has 0 unspecified atom stereocenters. The van der Waals surface area contributed by atoms with E-state index in [1.807, 2.05) is 17.5 Å². The molecular formula is C18H14N2O5S2. The van der Waals surface area contributed by atoms with E-state index in [1.54, 1.807) is 17.5 Å². The van der Waals surface area contributed by atoms with Crippen molar-refractivity contribution in [3.8, 4) is 15.6 Å². The largest absolute Gasteiger partial charge is 0.497 e. The van der Waals surface area contributed by atoms with Crippen LogP contribution in [-0.2, 0) is 9.53 Å². The molecule has 0 aliphatic carbocycles. The molecule has 1 N–H and O–H groups in total. The summed E-state index contributed by atoms with van der Waals surface area (Å²) in [6, 6.07) is 10.0. The molecule has 1 aromatic carbocycles. The summed E-state index contributed by atoms with van der Waals surface area (Å²) in [4.78, 5) is 41.0. The minimum atomic E-state index is -0.724. The maximum absolute atomic E-state index is 12.0. The summed E-state index contributed by atoms with van der Waals surface area (Å²) in [6.45, 7) is -0.577. The van der Waals surface area contributed by atoms with E-state index in [0.717, 1.165) is 4.88 Å². The highest BCUT2D eigenvalue weighted by molar-refractivity contribution is 7.20. The molecule has 138 valence electrons. The predicted octanol–water partition coefficient (Wildman–Crippen LogP) is 2.99. The van der Waals surface area contributed by atoms with Gasteiger partial charge in [-0.25, -0.2) is 9.78 Å². The number of hydrogen-bond donors (Lipinski definition) is 1. The first-order chi connectivity index (χ1) is 13.1. The van der Waals surface area contributed by atoms with Crippen LogP contribution in [0.4, 0.5) is 0 Å². The van der Waals surface area contributed by atoms with Gasteiger partial charge in [-0.3, -0.25) is 14.9 Å². The number of imide groups is 1. The second-order valence-electron chi connectivity index (χ2n) is 5.20. The SMILES string of the molecule is COc1ccc(C(=O)NC(=O)COC(=O)c2csc(-c3cccs3)n2)cc1. The number of hydrogen-bond acceptors (Lipinski definition) is 8. The maximum atomic E-state index is 12.0. The highest BCUT2D eigenvalue weighted by Gasteiger charge is 2.17. The van der Waals surface area contributed by atoms with E-state index in [1.165, 1.54) is 41.9 Å². The average Bonchev–Trinajstić information content (AvgIpc) is 3.37. The van der Waals surface area contributed by atoms with E-state index in [9.17, 15) is 14.4 Å². The summed E-state index contributed by atoms with van der Waals surface area (Å²) < 4.78 is 9.92. The molecular weight excluding hydrogens is 388 g/mol. The Morgan fingerprint density at radius 2 is 1.89 bits per heavy atom. The Bertz CT molecular complexity index is 949. The zero-order valence-corrected chi connectivity index (χ0v) is 15.8. The molecule has 0 radical (unpaired) electrons. The standard InChI is InChI=1S/C18H14N2O5S2/c1-24-12-6-4-11(5-7-12)16(22)20-15(21)9-25-18(23)13-10-27-17(19-13)14-3-2-8-26-14/h2-8,10H,9H2,1H3,(H,20,21,22). The van der Waals surface area contributed by atoms with Crippen molar-refractivity contribution in [3.63, 3.8) is 0 Å². The zero-order chi connectivity index (χ0) is 19.2. The molecule has 2 heterocycles. The minimum absolute atomic E-state index is 0.123. The van der Waals surface area contributed by atoms with Crippen molar-refractivity contribution >= 4 is 40.5 Å². The third-order valence-electron chi connectivity index (χ3n) is 3.38. The third kappa shape index (κ3) is 4.78. The van der Waals surface area contributed by atoms with Gasteiger partial charge in [0.2, 0.25) is 0 Å². The molecule has 0 bridgehead atoms. The third-order valence-corrected chi connectivity index (χ3v) is 5.27. The van der Waals surface area contributed by atoms with Gasteiger partial charge in [0.05, 0.1) is 12.0 Å². The van der Waals surface area contributed by atoms with Gasteiger partial charge in [-0.05, 0) is 35.7 Å². The summed E-state index contributed by atoms with van der Waals surface area (Å²) in [5.74, 6) is -1.44. The molecule has 9 heteroatoms. The normalized spacial score (nSPS) is 10.3. The number of carbonyl (C=O) groups is 3. The number of aromatic nitrogens is 1. The van der Waals surface area contributed by atoms with Crippen LogP contribution in [0.3, 0.4) is 0 Å². The number of benzene rings is 1. The molecule has 3 rings (SSSR count). The number of nitrogens with zero attached hydrogens (tertiary/aromatic N) is 1. The highest BCUT2D eigenvalue weighted by Crippen LogP contribution is 2.27. The molecule has 3 aromatic rings. The van der Waals surface area contributed by atoms with Crippen LogP contribution in [0.15, 0.2) is 47.2 Å². The number of ether oxygens (including phenoxy) is 2. The molecule has 0 atom stereocenters. The summed E-state index contributed by atoms with van der Waals surface area (Å²) >= 11 is 2.83. The first-order valence-corrected chi connectivity index (χ1v) is 9.47. The predicted molar refractivity (Wildman–Crippen MR) is 101 cm³/mol. The smallest absolute Gasteiger partial charge is 0.358 e. The van der Waals surface area contributed by atoms with Crippen LogP contribution >= 0.6 is 22.7 Å². The van der Waals surface area contributed by atoms with E-state index >= 15 is 0 Å². The van der Waals surface area contributed by atoms with E-state index in [-0.39, 0.29) is 11.3 Å². The molecule has 0 aliphatic heterocycles. The Kier molecular flexibility index (Phi) is 5.94. The van der Waals surface area contributed by atoms with Gasteiger partial charge in [-0.2, -0.15) is 0 Å². The Hall–Kier alpha value is -3.04. The first-order valence-electron chi connectivity index (χ1n) is 7.71. The first kappa shape index (κ1) is 18.7. The topological polar surface area (TPSA) is 94.6 Å². The Balaban J connectivity index is 1.51. The second kappa shape index (κ2) is 8.56. The van der Waals surface area contributed by atoms with Gasteiger partial charge in [0.15, 0.2) is 12.3 Å². The molecule has 7 nitrogen and oxygen atoms in total. The number of esters is 1. The van der Waals surface area contributed by atoms with Crippen LogP contribution in [0.1, 0.15) is 20.8 Å². The van der Waals surface area contributed by atoms with Crippen LogP contribution in [-0.4, -0.2) is 36.5 Å². The summed E-state index contributed by atoms with van der Waals surface area (Å²) in [6.07, 6.45) is 0. The van der Waals surface area contributed by atoms with Crippen LogP contribution in [0.2, 0.25) is 0 Å². The number of thiazole rings is 1. The lowest BCUT2D eigenvalue weighted by atomic mass is 10.2. The Morgan fingerprint density at radius 1 is 1.11 bits per heavy atom. The fraction of sp³-hybridized carbons (Fsp3) is 0.111. The van der Waals surface area contributed by atoms with Crippen molar-refractivity contribution in [1.82, 2.24) is 10.3 Å². The van der Waals surface area contributed by atoms with Crippen molar-refractivity contribution < 1.29 is 23.9 Å². The van der Waals surface area contributed by atoms with E-state index in [2.05, 4.69) is 10.3 Å². The fourth-order valence-corrected chi connectivity index (χ4v) is 3.67. The number of methoxy groups -OCH3 is 1. The van der Waals surface area contributed by atoms with E-state index in [0.29, 0.717) is 10.8 Å². The lowest BCUT2D eigenvalue weighted by molar-refractivity contribution is -0.123. The number of carbonyl (C=O) groups excluding carboxylic acids is 3. The fourth-order valence-electron chi connectivity index (χ4n) is 2.06. The van der Waals surface area contributed by atoms with Gasteiger partial charge in [0, 0.05) is 10.9 Å². The summed E-state index contributed by atoms with van der Waals surface area (Å²) in [7, 11) is 1.51. The molecule has 2 aromatic heterocycles. The van der Waals surface area contributed by atoms with Crippen molar-refractivity contribution in [2.75, 3.05) is 13.7 Å². The van der Waals surface area contributed by atoms with Crippen LogP contribution in [0.25, 0.3) is 9.88 Å². The molecule has 27 heavy (non-hydrogen) atoms. The van der Waals surface area contributed by atoms with Gasteiger partial charge in [-0.15, -0.1) is 22.7 Å². The molecule has 0 saturated carbocycles. The molecule has 0 spiro atoms. The van der Waals surface area contributed by atoms with Gasteiger partial charge in [0.1, 0.15) is 10.8 Å². The molecule has 0 aliphatic rings. The molecule has 0 saturated heterocycles. The number of nitrogens with one attached hydrogen (secondary N) is 1. The molecule has 2 amide bonds. The number of thiophene rings is 1. The van der Waals surface area contributed by atoms with Crippen molar-refractivity contribution in [3.05, 3.63) is 58.4 Å². The van der Waals surface area contributed by atoms with E-state index in [4.69, 9.17) is 9.47 Å². The van der Waals surface area contributed by atoms with Crippen molar-refractivity contribution in [2.45, 2.75) is 0 Å². The van der Waals surface area contributed by atoms with Crippen LogP contribution in [0.5, 0.6) is 5.75 Å². The van der Waals surface area contributed by atoms with Gasteiger partial charge in [0.25, 0.3) is 11.8 Å². The van der Waals surface area contributed by atoms with Crippen molar-refractivity contribution in [2.24, 2.45) is 0 Å². The zero-order valence-electron chi connectivity index (χ0n) is 14.1. The number of amides is 2. The summed E-state index contributed by atoms with van der Waals surface area (Å²) in [5.41, 5.74) is 0.410. The van der Waals surface area contributed by atoms with Crippen molar-refractivity contribution in [1.29, 1.82) is 0 Å². The lowest BCUT2D eigenvalue weighted by Gasteiger charge is -2.05. The quantitative estimate of drug-likeness (QED) is 0.637. The van der Waals surface area contributed by atoms with Gasteiger partial charge < -0.3 is 9.47 Å². The highest BCUT2D eigenvalue weighted by atomic mass is 32.1. The average molecular weight is 402 g/mol. The minimum Gasteiger partial charge on any atom is -0.497 e. The summed E-state index contributed by atoms with van der Waals surface area (Å²) in [5, 5.41) is 6.34. The van der Waals surface area contributed by atoms with Crippen LogP contribution in [0, 0.1) is 0 Å². The van der Waals surface area contributed by atoms with Crippen LogP contribution < -0.4 is 10.1 Å².